The van der Waals surface area contributed by atoms with Gasteiger partial charge in [0.2, 0.25) is 0 Å². The van der Waals surface area contributed by atoms with Crippen LogP contribution in [0.2, 0.25) is 0 Å². The van der Waals surface area contributed by atoms with Crippen molar-refractivity contribution in [1.29, 1.82) is 0 Å². The maximum absolute atomic E-state index is 11.5. The minimum absolute atomic E-state index is 0.331. The fourth-order valence-corrected chi connectivity index (χ4v) is 2.84. The maximum atomic E-state index is 11.5. The van der Waals surface area contributed by atoms with Crippen molar-refractivity contribution in [3.8, 4) is 0 Å². The van der Waals surface area contributed by atoms with Crippen LogP contribution in [-0.4, -0.2) is 19.3 Å². The number of halogens is 1. The third-order valence-corrected chi connectivity index (χ3v) is 4.49. The standard InChI is InChI=1S/C16H16BrNO2S/c1-20-16(19)11-6-7-12(15(17)8-11)10-18-13-4-3-5-14(9-13)21-2/h3-9,18H,10H2,1-2H3. The Morgan fingerprint density at radius 1 is 1.29 bits per heavy atom. The van der Waals surface area contributed by atoms with E-state index in [1.807, 2.05) is 18.2 Å². The zero-order valence-electron chi connectivity index (χ0n) is 11.9. The summed E-state index contributed by atoms with van der Waals surface area (Å²) in [5, 5.41) is 3.38. The average molecular weight is 366 g/mol. The van der Waals surface area contributed by atoms with Crippen molar-refractivity contribution < 1.29 is 9.53 Å². The van der Waals surface area contributed by atoms with E-state index in [9.17, 15) is 4.79 Å². The summed E-state index contributed by atoms with van der Waals surface area (Å²) in [6.45, 7) is 0.680. The maximum Gasteiger partial charge on any atom is 0.337 e. The monoisotopic (exact) mass is 365 g/mol. The molecule has 0 atom stereocenters. The first-order valence-corrected chi connectivity index (χ1v) is 8.40. The number of anilines is 1. The molecule has 2 aromatic carbocycles. The molecular formula is C16H16BrNO2S. The van der Waals surface area contributed by atoms with Crippen molar-refractivity contribution in [2.75, 3.05) is 18.7 Å². The predicted molar refractivity (Wildman–Crippen MR) is 91.0 cm³/mol. The predicted octanol–water partition coefficient (Wildman–Crippen LogP) is 4.57. The van der Waals surface area contributed by atoms with E-state index in [1.165, 1.54) is 12.0 Å². The van der Waals surface area contributed by atoms with Gasteiger partial charge in [0.05, 0.1) is 12.7 Å². The normalized spacial score (nSPS) is 10.2. The second-order valence-electron chi connectivity index (χ2n) is 4.38. The smallest absolute Gasteiger partial charge is 0.337 e. The zero-order valence-corrected chi connectivity index (χ0v) is 14.3. The first-order valence-electron chi connectivity index (χ1n) is 6.38. The van der Waals surface area contributed by atoms with E-state index >= 15 is 0 Å². The lowest BCUT2D eigenvalue weighted by Gasteiger charge is -2.10. The van der Waals surface area contributed by atoms with Crippen molar-refractivity contribution in [3.63, 3.8) is 0 Å². The van der Waals surface area contributed by atoms with Crippen LogP contribution in [0.1, 0.15) is 15.9 Å². The summed E-state index contributed by atoms with van der Waals surface area (Å²) in [4.78, 5) is 12.7. The van der Waals surface area contributed by atoms with Crippen molar-refractivity contribution >= 4 is 39.3 Å². The SMILES string of the molecule is COC(=O)c1ccc(CNc2cccc(SC)c2)c(Br)c1. The summed E-state index contributed by atoms with van der Waals surface area (Å²) in [5.41, 5.74) is 2.69. The van der Waals surface area contributed by atoms with Crippen molar-refractivity contribution in [2.45, 2.75) is 11.4 Å². The minimum Gasteiger partial charge on any atom is -0.465 e. The fraction of sp³-hybridized carbons (Fsp3) is 0.188. The largest absolute Gasteiger partial charge is 0.465 e. The van der Waals surface area contributed by atoms with E-state index in [0.29, 0.717) is 12.1 Å². The molecule has 0 saturated heterocycles. The highest BCUT2D eigenvalue weighted by molar-refractivity contribution is 9.10. The Labute approximate surface area is 137 Å². The third-order valence-electron chi connectivity index (χ3n) is 3.03. The van der Waals surface area contributed by atoms with Gasteiger partial charge >= 0.3 is 5.97 Å². The first kappa shape index (κ1) is 15.9. The number of nitrogens with one attached hydrogen (secondary N) is 1. The lowest BCUT2D eigenvalue weighted by molar-refractivity contribution is 0.0600. The Kier molecular flexibility index (Phi) is 5.70. The van der Waals surface area contributed by atoms with Crippen LogP contribution in [-0.2, 0) is 11.3 Å². The summed E-state index contributed by atoms with van der Waals surface area (Å²) in [7, 11) is 1.38. The average Bonchev–Trinajstić information content (AvgIpc) is 2.53. The van der Waals surface area contributed by atoms with Crippen molar-refractivity contribution in [2.24, 2.45) is 0 Å². The Hall–Kier alpha value is -1.46. The Balaban J connectivity index is 2.07. The number of thioether (sulfide) groups is 1. The van der Waals surface area contributed by atoms with Crippen LogP contribution in [0, 0.1) is 0 Å². The molecule has 0 aromatic heterocycles. The molecule has 0 spiro atoms. The van der Waals surface area contributed by atoms with Gasteiger partial charge in [-0.05, 0) is 42.2 Å². The minimum atomic E-state index is -0.331. The van der Waals surface area contributed by atoms with E-state index in [2.05, 4.69) is 39.6 Å². The summed E-state index contributed by atoms with van der Waals surface area (Å²) in [5.74, 6) is -0.331. The number of hydrogen-bond donors (Lipinski definition) is 1. The van der Waals surface area contributed by atoms with Gasteiger partial charge in [-0.1, -0.05) is 28.1 Å². The number of ether oxygens (including phenoxy) is 1. The molecule has 2 aromatic rings. The zero-order chi connectivity index (χ0) is 15.2. The van der Waals surface area contributed by atoms with Gasteiger partial charge in [0.1, 0.15) is 0 Å². The molecule has 110 valence electrons. The van der Waals surface area contributed by atoms with E-state index in [-0.39, 0.29) is 5.97 Å². The van der Waals surface area contributed by atoms with Gasteiger partial charge in [0, 0.05) is 21.6 Å². The molecule has 0 fully saturated rings. The number of carbonyl (C=O) groups is 1. The molecule has 0 heterocycles. The Morgan fingerprint density at radius 2 is 2.10 bits per heavy atom. The molecule has 0 unspecified atom stereocenters. The summed E-state index contributed by atoms with van der Waals surface area (Å²) >= 11 is 5.21. The molecule has 0 saturated carbocycles. The molecule has 3 nitrogen and oxygen atoms in total. The highest BCUT2D eigenvalue weighted by atomic mass is 79.9. The van der Waals surface area contributed by atoms with Gasteiger partial charge in [-0.2, -0.15) is 0 Å². The van der Waals surface area contributed by atoms with E-state index < -0.39 is 0 Å². The number of rotatable bonds is 5. The molecule has 0 aliphatic carbocycles. The van der Waals surface area contributed by atoms with Gasteiger partial charge in [0.15, 0.2) is 0 Å². The number of hydrogen-bond acceptors (Lipinski definition) is 4. The lowest BCUT2D eigenvalue weighted by atomic mass is 10.1. The van der Waals surface area contributed by atoms with Crippen LogP contribution in [0.4, 0.5) is 5.69 Å². The molecule has 21 heavy (non-hydrogen) atoms. The van der Waals surface area contributed by atoms with Gasteiger partial charge in [0.25, 0.3) is 0 Å². The molecule has 2 rings (SSSR count). The molecule has 0 amide bonds. The van der Waals surface area contributed by atoms with Crippen molar-refractivity contribution in [3.05, 3.63) is 58.1 Å². The quantitative estimate of drug-likeness (QED) is 0.622. The second-order valence-corrected chi connectivity index (χ2v) is 6.12. The summed E-state index contributed by atoms with van der Waals surface area (Å²) in [6, 6.07) is 13.7. The number of benzene rings is 2. The van der Waals surface area contributed by atoms with Crippen molar-refractivity contribution in [1.82, 2.24) is 0 Å². The highest BCUT2D eigenvalue weighted by Crippen LogP contribution is 2.22. The number of carbonyl (C=O) groups excluding carboxylic acids is 1. The molecule has 0 radical (unpaired) electrons. The number of methoxy groups -OCH3 is 1. The lowest BCUT2D eigenvalue weighted by Crippen LogP contribution is -2.04. The Morgan fingerprint density at radius 3 is 2.76 bits per heavy atom. The molecule has 0 aliphatic heterocycles. The Bertz CT molecular complexity index is 646. The molecule has 5 heteroatoms. The van der Waals surface area contributed by atoms with Gasteiger partial charge in [-0.3, -0.25) is 0 Å². The van der Waals surface area contributed by atoms with E-state index in [0.717, 1.165) is 15.7 Å². The van der Waals surface area contributed by atoms with Gasteiger partial charge < -0.3 is 10.1 Å². The van der Waals surface area contributed by atoms with Crippen LogP contribution in [0.3, 0.4) is 0 Å². The van der Waals surface area contributed by atoms with E-state index in [4.69, 9.17) is 4.74 Å². The van der Waals surface area contributed by atoms with Gasteiger partial charge in [-0.25, -0.2) is 4.79 Å². The van der Waals surface area contributed by atoms with Gasteiger partial charge in [-0.15, -0.1) is 11.8 Å². The summed E-state index contributed by atoms with van der Waals surface area (Å²) < 4.78 is 5.60. The van der Waals surface area contributed by atoms with E-state index in [1.54, 1.807) is 23.9 Å². The van der Waals surface area contributed by atoms with Crippen LogP contribution < -0.4 is 5.32 Å². The van der Waals surface area contributed by atoms with Crippen LogP contribution in [0.25, 0.3) is 0 Å². The fourth-order valence-electron chi connectivity index (χ4n) is 1.87. The second kappa shape index (κ2) is 7.52. The summed E-state index contributed by atoms with van der Waals surface area (Å²) in [6.07, 6.45) is 2.06. The van der Waals surface area contributed by atoms with Crippen LogP contribution in [0.15, 0.2) is 51.8 Å². The van der Waals surface area contributed by atoms with Crippen LogP contribution in [0.5, 0.6) is 0 Å². The molecule has 0 aliphatic rings. The molecule has 1 N–H and O–H groups in total. The molecule has 0 bridgehead atoms. The topological polar surface area (TPSA) is 38.3 Å². The highest BCUT2D eigenvalue weighted by Gasteiger charge is 2.08. The number of esters is 1. The van der Waals surface area contributed by atoms with Crippen LogP contribution >= 0.6 is 27.7 Å². The first-order chi connectivity index (χ1) is 10.1. The molecular weight excluding hydrogens is 350 g/mol. The third kappa shape index (κ3) is 4.25.